The van der Waals surface area contributed by atoms with Gasteiger partial charge in [-0.1, -0.05) is 42.5 Å². The van der Waals surface area contributed by atoms with Gasteiger partial charge in [0.25, 0.3) is 11.6 Å². The molecule has 0 spiro atoms. The quantitative estimate of drug-likeness (QED) is 0.369. The van der Waals surface area contributed by atoms with Crippen LogP contribution in [0.3, 0.4) is 0 Å². The molecule has 0 radical (unpaired) electrons. The summed E-state index contributed by atoms with van der Waals surface area (Å²) in [6, 6.07) is 14.2. The number of aliphatic carboxylic acids is 1. The van der Waals surface area contributed by atoms with E-state index in [9.17, 15) is 33.6 Å². The number of hydrogen-bond acceptors (Lipinski definition) is 5. The summed E-state index contributed by atoms with van der Waals surface area (Å²) in [5.41, 5.74) is 0.212. The van der Waals surface area contributed by atoms with Crippen LogP contribution in [0.15, 0.2) is 66.7 Å². The molecule has 3 aromatic rings. The number of carboxylic acids is 1. The number of carbonyl (C=O) groups excluding carboxylic acids is 1. The fraction of sp³-hybridized carbons (Fsp3) is 0.167. The van der Waals surface area contributed by atoms with Crippen molar-refractivity contribution in [1.29, 1.82) is 0 Å². The second-order valence-corrected chi connectivity index (χ2v) is 7.39. The summed E-state index contributed by atoms with van der Waals surface area (Å²) in [5, 5.41) is 21.2. The molecule has 0 saturated carbocycles. The van der Waals surface area contributed by atoms with Gasteiger partial charge >= 0.3 is 5.97 Å². The molecule has 0 fully saturated rings. The number of hydrogen-bond donors (Lipinski definition) is 1. The molecular formula is C24H20F2N2O6. The Labute approximate surface area is 193 Å². The van der Waals surface area contributed by atoms with E-state index in [0.717, 1.165) is 34.7 Å². The molecule has 0 bridgehead atoms. The summed E-state index contributed by atoms with van der Waals surface area (Å²) in [6.45, 7) is -0.219. The highest BCUT2D eigenvalue weighted by molar-refractivity contribution is 6.00. The molecule has 0 aliphatic heterocycles. The molecule has 176 valence electrons. The van der Waals surface area contributed by atoms with Crippen molar-refractivity contribution in [2.75, 3.05) is 13.7 Å². The minimum absolute atomic E-state index is 0.121. The highest BCUT2D eigenvalue weighted by Gasteiger charge is 2.31. The number of nitrogens with zero attached hydrogens (tertiary/aromatic N) is 2. The summed E-state index contributed by atoms with van der Waals surface area (Å²) in [7, 11) is 1.21. The van der Waals surface area contributed by atoms with Crippen LogP contribution in [0.2, 0.25) is 0 Å². The molecule has 1 N–H and O–H groups in total. The number of likely N-dealkylation sites (N-methyl/N-ethyl adjacent to an activating group) is 1. The average Bonchev–Trinajstić information content (AvgIpc) is 2.82. The zero-order valence-corrected chi connectivity index (χ0v) is 18.0. The fourth-order valence-corrected chi connectivity index (χ4v) is 3.26. The number of nitro groups is 1. The SMILES string of the molecule is CN(C(=O)c1ccc(-c2ccc(F)c(F)c2)cc1[N+](=O)[O-])C(COCc1ccccc1)C(=O)O. The van der Waals surface area contributed by atoms with Crippen molar-refractivity contribution in [2.45, 2.75) is 12.6 Å². The van der Waals surface area contributed by atoms with Crippen molar-refractivity contribution in [1.82, 2.24) is 4.90 Å². The third kappa shape index (κ3) is 5.59. The van der Waals surface area contributed by atoms with E-state index < -0.39 is 40.2 Å². The molecule has 0 aromatic heterocycles. The highest BCUT2D eigenvalue weighted by atomic mass is 19.2. The van der Waals surface area contributed by atoms with Gasteiger partial charge in [0, 0.05) is 13.1 Å². The zero-order chi connectivity index (χ0) is 24.8. The maximum absolute atomic E-state index is 13.6. The fourth-order valence-electron chi connectivity index (χ4n) is 3.26. The molecular weight excluding hydrogens is 450 g/mol. The Balaban J connectivity index is 1.83. The van der Waals surface area contributed by atoms with Crippen molar-refractivity contribution < 1.29 is 33.1 Å². The molecule has 3 aromatic carbocycles. The first-order valence-electron chi connectivity index (χ1n) is 10.0. The summed E-state index contributed by atoms with van der Waals surface area (Å²) in [6.07, 6.45) is 0. The lowest BCUT2D eigenvalue weighted by Crippen LogP contribution is -2.45. The smallest absolute Gasteiger partial charge is 0.328 e. The van der Waals surface area contributed by atoms with Crippen LogP contribution in [0.4, 0.5) is 14.5 Å². The number of nitro benzene ring substituents is 1. The summed E-state index contributed by atoms with van der Waals surface area (Å²) < 4.78 is 32.2. The largest absolute Gasteiger partial charge is 0.480 e. The van der Waals surface area contributed by atoms with E-state index >= 15 is 0 Å². The van der Waals surface area contributed by atoms with Crippen molar-refractivity contribution in [3.63, 3.8) is 0 Å². The molecule has 0 saturated heterocycles. The van der Waals surface area contributed by atoms with Gasteiger partial charge in [-0.3, -0.25) is 14.9 Å². The van der Waals surface area contributed by atoms with Gasteiger partial charge in [0.1, 0.15) is 5.56 Å². The third-order valence-electron chi connectivity index (χ3n) is 5.14. The summed E-state index contributed by atoms with van der Waals surface area (Å²) >= 11 is 0. The predicted molar refractivity (Wildman–Crippen MR) is 118 cm³/mol. The lowest BCUT2D eigenvalue weighted by Gasteiger charge is -2.25. The first-order valence-corrected chi connectivity index (χ1v) is 10.0. The van der Waals surface area contributed by atoms with Gasteiger partial charge in [0.05, 0.1) is 18.1 Å². The molecule has 0 aliphatic carbocycles. The van der Waals surface area contributed by atoms with E-state index in [2.05, 4.69) is 0 Å². The Hall–Kier alpha value is -4.18. The zero-order valence-electron chi connectivity index (χ0n) is 18.0. The number of halogens is 2. The number of rotatable bonds is 9. The van der Waals surface area contributed by atoms with Crippen LogP contribution in [-0.4, -0.2) is 46.5 Å². The van der Waals surface area contributed by atoms with Gasteiger partial charge in [0.15, 0.2) is 17.7 Å². The monoisotopic (exact) mass is 470 g/mol. The van der Waals surface area contributed by atoms with Crippen LogP contribution in [0.25, 0.3) is 11.1 Å². The molecule has 1 unspecified atom stereocenters. The molecule has 0 heterocycles. The van der Waals surface area contributed by atoms with Crippen LogP contribution in [0.5, 0.6) is 0 Å². The van der Waals surface area contributed by atoms with Gasteiger partial charge < -0.3 is 14.7 Å². The van der Waals surface area contributed by atoms with Crippen LogP contribution in [-0.2, 0) is 16.1 Å². The number of benzene rings is 3. The lowest BCUT2D eigenvalue weighted by atomic mass is 10.0. The Morgan fingerprint density at radius 3 is 2.29 bits per heavy atom. The van der Waals surface area contributed by atoms with E-state index in [1.54, 1.807) is 24.3 Å². The molecule has 1 amide bonds. The minimum atomic E-state index is -1.40. The minimum Gasteiger partial charge on any atom is -0.480 e. The average molecular weight is 470 g/mol. The number of amides is 1. The maximum Gasteiger partial charge on any atom is 0.328 e. The first-order chi connectivity index (χ1) is 16.2. The molecule has 10 heteroatoms. The molecule has 34 heavy (non-hydrogen) atoms. The lowest BCUT2D eigenvalue weighted by molar-refractivity contribution is -0.385. The van der Waals surface area contributed by atoms with Crippen molar-refractivity contribution in [2.24, 2.45) is 0 Å². The Kier molecular flexibility index (Phi) is 7.64. The van der Waals surface area contributed by atoms with E-state index in [0.29, 0.717) is 0 Å². The van der Waals surface area contributed by atoms with Gasteiger partial charge in [0.2, 0.25) is 0 Å². The van der Waals surface area contributed by atoms with Crippen LogP contribution >= 0.6 is 0 Å². The Bertz CT molecular complexity index is 1220. The van der Waals surface area contributed by atoms with Crippen molar-refractivity contribution in [3.8, 4) is 11.1 Å². The number of carbonyl (C=O) groups is 2. The highest BCUT2D eigenvalue weighted by Crippen LogP contribution is 2.29. The topological polar surface area (TPSA) is 110 Å². The van der Waals surface area contributed by atoms with Crippen molar-refractivity contribution in [3.05, 3.63) is 99.6 Å². The molecule has 8 nitrogen and oxygen atoms in total. The van der Waals surface area contributed by atoms with E-state index in [-0.39, 0.29) is 29.9 Å². The van der Waals surface area contributed by atoms with E-state index in [4.69, 9.17) is 4.74 Å². The first kappa shape index (κ1) is 24.5. The predicted octanol–water partition coefficient (Wildman–Crippen LogP) is 4.28. The van der Waals surface area contributed by atoms with E-state index in [1.165, 1.54) is 19.2 Å². The number of carboxylic acid groups (broad SMARTS) is 1. The number of ether oxygens (including phenoxy) is 1. The van der Waals surface area contributed by atoms with E-state index in [1.807, 2.05) is 6.07 Å². The standard InChI is InChI=1S/C24H20F2N2O6/c1-27(22(24(30)31)14-34-13-15-5-3-2-4-6-15)23(29)18-9-7-17(12-21(18)28(32)33)16-8-10-19(25)20(26)11-16/h2-12,22H,13-14H2,1H3,(H,30,31). The van der Waals surface area contributed by atoms with Crippen LogP contribution < -0.4 is 0 Å². The van der Waals surface area contributed by atoms with Gasteiger partial charge in [-0.15, -0.1) is 0 Å². The van der Waals surface area contributed by atoms with Crippen LogP contribution in [0.1, 0.15) is 15.9 Å². The summed E-state index contributed by atoms with van der Waals surface area (Å²) in [5.74, 6) is -4.44. The Morgan fingerprint density at radius 1 is 1.03 bits per heavy atom. The second kappa shape index (κ2) is 10.6. The normalized spacial score (nSPS) is 11.6. The van der Waals surface area contributed by atoms with Gasteiger partial charge in [-0.25, -0.2) is 13.6 Å². The molecule has 3 rings (SSSR count). The Morgan fingerprint density at radius 2 is 1.68 bits per heavy atom. The third-order valence-corrected chi connectivity index (χ3v) is 5.14. The second-order valence-electron chi connectivity index (χ2n) is 7.39. The van der Waals surface area contributed by atoms with Gasteiger partial charge in [-0.05, 0) is 34.9 Å². The maximum atomic E-state index is 13.6. The van der Waals surface area contributed by atoms with Crippen LogP contribution in [0, 0.1) is 21.7 Å². The van der Waals surface area contributed by atoms with Crippen molar-refractivity contribution >= 4 is 17.6 Å². The molecule has 1 atom stereocenters. The molecule has 0 aliphatic rings. The van der Waals surface area contributed by atoms with Gasteiger partial charge in [-0.2, -0.15) is 0 Å². The summed E-state index contributed by atoms with van der Waals surface area (Å²) in [4.78, 5) is 36.5.